The molecule has 1 N–H and O–H groups in total. The lowest BCUT2D eigenvalue weighted by Crippen LogP contribution is -2.24. The van der Waals surface area contributed by atoms with Crippen LogP contribution in [0.4, 0.5) is 10.1 Å². The van der Waals surface area contributed by atoms with Gasteiger partial charge in [-0.25, -0.2) is 4.39 Å². The van der Waals surface area contributed by atoms with Crippen LogP contribution in [0.25, 0.3) is 0 Å². The number of hydrogen-bond acceptors (Lipinski definition) is 2. The topological polar surface area (TPSA) is 41.5 Å². The van der Waals surface area contributed by atoms with E-state index in [-0.39, 0.29) is 28.9 Å². The van der Waals surface area contributed by atoms with E-state index in [2.05, 4.69) is 22.5 Å². The molecule has 28 heavy (non-hydrogen) atoms. The van der Waals surface area contributed by atoms with Gasteiger partial charge in [0.15, 0.2) is 0 Å². The monoisotopic (exact) mass is 414 g/mol. The van der Waals surface area contributed by atoms with Gasteiger partial charge in [-0.2, -0.15) is 0 Å². The van der Waals surface area contributed by atoms with Crippen molar-refractivity contribution in [3.63, 3.8) is 0 Å². The van der Waals surface area contributed by atoms with Crippen molar-refractivity contribution >= 4 is 40.5 Å². The van der Waals surface area contributed by atoms with Crippen LogP contribution in [-0.4, -0.2) is 11.6 Å². The predicted octanol–water partition coefficient (Wildman–Crippen LogP) is 6.09. The maximum Gasteiger partial charge on any atom is 0.259 e. The third kappa shape index (κ3) is 3.62. The second-order valence-corrected chi connectivity index (χ2v) is 7.56. The standard InChI is InChI=1S/C22H17Cl2FN2O/c23-17-9-8-14(27-22(28)20-18(24)6-3-7-19(20)25)12-16(17)21-15-5-2-1-4-13(15)10-11-26-21/h1-2,4-6,8-13,15H,3,7H2,(H,27,28). The van der Waals surface area contributed by atoms with E-state index in [1.165, 1.54) is 0 Å². The Kier molecular flexibility index (Phi) is 5.33. The van der Waals surface area contributed by atoms with E-state index in [1.807, 2.05) is 18.2 Å². The summed E-state index contributed by atoms with van der Waals surface area (Å²) in [5.74, 6) is -0.773. The minimum atomic E-state index is -0.574. The Balaban J connectivity index is 1.63. The number of anilines is 1. The van der Waals surface area contributed by atoms with Crippen molar-refractivity contribution in [1.82, 2.24) is 0 Å². The minimum absolute atomic E-state index is 0.0781. The van der Waals surface area contributed by atoms with Crippen LogP contribution in [0, 0.1) is 11.8 Å². The van der Waals surface area contributed by atoms with E-state index in [9.17, 15) is 9.18 Å². The summed E-state index contributed by atoms with van der Waals surface area (Å²) < 4.78 is 14.1. The van der Waals surface area contributed by atoms with Gasteiger partial charge in [-0.1, -0.05) is 59.7 Å². The molecule has 1 aromatic rings. The molecule has 3 nitrogen and oxygen atoms in total. The Labute approximate surface area is 172 Å². The molecule has 2 atom stereocenters. The number of carbonyl (C=O) groups excluding carboxylic acids is 1. The summed E-state index contributed by atoms with van der Waals surface area (Å²) in [5.41, 5.74) is 1.96. The summed E-state index contributed by atoms with van der Waals surface area (Å²) in [5, 5.41) is 3.40. The number of rotatable bonds is 3. The molecule has 3 aliphatic rings. The van der Waals surface area contributed by atoms with E-state index in [1.54, 1.807) is 30.5 Å². The maximum atomic E-state index is 14.1. The van der Waals surface area contributed by atoms with Crippen LogP contribution >= 0.6 is 23.2 Å². The smallest absolute Gasteiger partial charge is 0.259 e. The van der Waals surface area contributed by atoms with Crippen LogP contribution in [0.1, 0.15) is 18.4 Å². The number of carbonyl (C=O) groups is 1. The van der Waals surface area contributed by atoms with Crippen molar-refractivity contribution in [1.29, 1.82) is 0 Å². The number of halogens is 3. The lowest BCUT2D eigenvalue weighted by atomic mass is 9.81. The van der Waals surface area contributed by atoms with Crippen LogP contribution in [0.2, 0.25) is 5.02 Å². The molecule has 4 rings (SSSR count). The first-order valence-corrected chi connectivity index (χ1v) is 9.75. The van der Waals surface area contributed by atoms with Crippen molar-refractivity contribution in [2.75, 3.05) is 5.32 Å². The highest BCUT2D eigenvalue weighted by atomic mass is 35.5. The van der Waals surface area contributed by atoms with Gasteiger partial charge in [-0.05, 0) is 24.6 Å². The number of allylic oxidation sites excluding steroid dienone is 7. The number of fused-ring (bicyclic) bond motifs is 1. The number of nitrogens with zero attached hydrogens (tertiary/aromatic N) is 1. The van der Waals surface area contributed by atoms with Crippen molar-refractivity contribution in [3.05, 3.63) is 87.9 Å². The van der Waals surface area contributed by atoms with E-state index in [4.69, 9.17) is 23.2 Å². The van der Waals surface area contributed by atoms with Gasteiger partial charge < -0.3 is 5.32 Å². The highest BCUT2D eigenvalue weighted by Crippen LogP contribution is 2.33. The quantitative estimate of drug-likeness (QED) is 0.638. The molecular weight excluding hydrogens is 398 g/mol. The van der Waals surface area contributed by atoms with Crippen molar-refractivity contribution in [3.8, 4) is 0 Å². The second-order valence-electron chi connectivity index (χ2n) is 6.75. The highest BCUT2D eigenvalue weighted by Gasteiger charge is 2.27. The molecule has 0 radical (unpaired) electrons. The first-order chi connectivity index (χ1) is 13.5. The fraction of sp³-hybridized carbons (Fsp3) is 0.182. The molecule has 1 heterocycles. The van der Waals surface area contributed by atoms with Gasteiger partial charge in [-0.15, -0.1) is 0 Å². The van der Waals surface area contributed by atoms with Crippen molar-refractivity contribution in [2.24, 2.45) is 16.8 Å². The summed E-state index contributed by atoms with van der Waals surface area (Å²) in [6, 6.07) is 5.14. The third-order valence-corrected chi connectivity index (χ3v) is 5.61. The first-order valence-electron chi connectivity index (χ1n) is 9.00. The molecule has 0 spiro atoms. The van der Waals surface area contributed by atoms with E-state index >= 15 is 0 Å². The van der Waals surface area contributed by atoms with Gasteiger partial charge in [0.25, 0.3) is 5.91 Å². The molecule has 0 saturated heterocycles. The van der Waals surface area contributed by atoms with E-state index < -0.39 is 11.7 Å². The molecule has 0 fully saturated rings. The average molecular weight is 415 g/mol. The molecule has 2 unspecified atom stereocenters. The summed E-state index contributed by atoms with van der Waals surface area (Å²) in [6.07, 6.45) is 14.3. The Morgan fingerprint density at radius 1 is 1.18 bits per heavy atom. The van der Waals surface area contributed by atoms with E-state index in [0.717, 1.165) is 11.3 Å². The van der Waals surface area contributed by atoms with Gasteiger partial charge >= 0.3 is 0 Å². The molecule has 0 saturated carbocycles. The summed E-state index contributed by atoms with van der Waals surface area (Å²) in [7, 11) is 0. The summed E-state index contributed by atoms with van der Waals surface area (Å²) >= 11 is 12.5. The normalized spacial score (nSPS) is 23.2. The number of nitrogens with one attached hydrogen (secondary N) is 1. The fourth-order valence-corrected chi connectivity index (χ4v) is 4.06. The molecule has 6 heteroatoms. The van der Waals surface area contributed by atoms with Gasteiger partial charge in [0.05, 0.1) is 16.3 Å². The van der Waals surface area contributed by atoms with Crippen LogP contribution in [0.5, 0.6) is 0 Å². The van der Waals surface area contributed by atoms with Crippen LogP contribution in [0.15, 0.2) is 82.3 Å². The zero-order valence-corrected chi connectivity index (χ0v) is 16.3. The van der Waals surface area contributed by atoms with E-state index in [0.29, 0.717) is 17.1 Å². The highest BCUT2D eigenvalue weighted by molar-refractivity contribution is 6.36. The lowest BCUT2D eigenvalue weighted by Gasteiger charge is -2.26. The summed E-state index contributed by atoms with van der Waals surface area (Å²) in [6.45, 7) is 0. The molecule has 1 aromatic carbocycles. The zero-order chi connectivity index (χ0) is 19.7. The maximum absolute atomic E-state index is 14.1. The Bertz CT molecular complexity index is 1020. The third-order valence-electron chi connectivity index (χ3n) is 4.94. The second kappa shape index (κ2) is 7.90. The molecule has 2 aliphatic carbocycles. The summed E-state index contributed by atoms with van der Waals surface area (Å²) in [4.78, 5) is 17.1. The number of hydrogen-bond donors (Lipinski definition) is 1. The molecule has 1 amide bonds. The van der Waals surface area contributed by atoms with Crippen LogP contribution in [0.3, 0.4) is 0 Å². The van der Waals surface area contributed by atoms with Crippen molar-refractivity contribution < 1.29 is 9.18 Å². The molecule has 1 aliphatic heterocycles. The largest absolute Gasteiger partial charge is 0.322 e. The van der Waals surface area contributed by atoms with Crippen LogP contribution < -0.4 is 5.32 Å². The zero-order valence-electron chi connectivity index (χ0n) is 14.8. The van der Waals surface area contributed by atoms with Crippen molar-refractivity contribution in [2.45, 2.75) is 12.8 Å². The SMILES string of the molecule is O=C(Nc1ccc(Cl)c(C2=NC=CC3C=CC=CC23)c1)C1=C(F)CCC=C1Cl. The van der Waals surface area contributed by atoms with Gasteiger partial charge in [0, 0.05) is 40.7 Å². The van der Waals surface area contributed by atoms with Gasteiger partial charge in [-0.3, -0.25) is 9.79 Å². The Hall–Kier alpha value is -2.43. The molecular formula is C22H17Cl2FN2O. The predicted molar refractivity (Wildman–Crippen MR) is 112 cm³/mol. The molecule has 0 aromatic heterocycles. The fourth-order valence-electron chi connectivity index (χ4n) is 3.55. The van der Waals surface area contributed by atoms with Gasteiger partial charge in [0.2, 0.25) is 0 Å². The Morgan fingerprint density at radius 3 is 2.82 bits per heavy atom. The van der Waals surface area contributed by atoms with Crippen LogP contribution in [-0.2, 0) is 4.79 Å². The minimum Gasteiger partial charge on any atom is -0.322 e. The molecule has 142 valence electrons. The Morgan fingerprint density at radius 2 is 2.00 bits per heavy atom. The number of amides is 1. The average Bonchev–Trinajstić information content (AvgIpc) is 2.69. The lowest BCUT2D eigenvalue weighted by molar-refractivity contribution is -0.112. The number of benzene rings is 1. The van der Waals surface area contributed by atoms with Gasteiger partial charge in [0.1, 0.15) is 5.83 Å². The number of aliphatic imine (C=N–C) groups is 1. The first kappa shape index (κ1) is 18.9. The molecule has 0 bridgehead atoms.